The molecule has 1 aliphatic carbocycles. The van der Waals surface area contributed by atoms with E-state index in [-0.39, 0.29) is 0 Å². The predicted molar refractivity (Wildman–Crippen MR) is 82.1 cm³/mol. The van der Waals surface area contributed by atoms with Gasteiger partial charge in [0, 0.05) is 49.3 Å². The molecule has 1 aromatic rings. The third kappa shape index (κ3) is 3.19. The first-order chi connectivity index (χ1) is 9.28. The fourth-order valence-corrected chi connectivity index (χ4v) is 3.30. The van der Waals surface area contributed by atoms with E-state index < -0.39 is 0 Å². The van der Waals surface area contributed by atoms with Crippen molar-refractivity contribution in [3.63, 3.8) is 0 Å². The van der Waals surface area contributed by atoms with Crippen molar-refractivity contribution in [1.82, 2.24) is 9.80 Å². The maximum atomic E-state index is 6.01. The number of nitrogens with two attached hydrogens (primary N) is 1. The summed E-state index contributed by atoms with van der Waals surface area (Å²) in [5.41, 5.74) is 7.35. The summed E-state index contributed by atoms with van der Waals surface area (Å²) in [5, 5.41) is 0. The molecule has 0 spiro atoms. The topological polar surface area (TPSA) is 32.5 Å². The smallest absolute Gasteiger partial charge is 0.0471 e. The molecule has 0 bridgehead atoms. The SMILES string of the molecule is NCC(c1ccc(Br)cc1)N1CCN(C2CC2)CC1. The fourth-order valence-electron chi connectivity index (χ4n) is 3.03. The first-order valence-electron chi connectivity index (χ1n) is 7.21. The molecule has 0 amide bonds. The van der Waals surface area contributed by atoms with Gasteiger partial charge in [-0.25, -0.2) is 0 Å². The normalized spacial score (nSPS) is 23.5. The molecule has 0 radical (unpaired) electrons. The minimum atomic E-state index is 0.370. The van der Waals surface area contributed by atoms with Crippen LogP contribution in [-0.4, -0.2) is 48.6 Å². The van der Waals surface area contributed by atoms with E-state index in [9.17, 15) is 0 Å². The number of halogens is 1. The number of hydrogen-bond donors (Lipinski definition) is 1. The summed E-state index contributed by atoms with van der Waals surface area (Å²) >= 11 is 3.49. The van der Waals surface area contributed by atoms with Crippen LogP contribution >= 0.6 is 15.9 Å². The van der Waals surface area contributed by atoms with Crippen molar-refractivity contribution < 1.29 is 0 Å². The predicted octanol–water partition coefficient (Wildman–Crippen LogP) is 2.23. The maximum absolute atomic E-state index is 6.01. The summed E-state index contributed by atoms with van der Waals surface area (Å²) in [7, 11) is 0. The van der Waals surface area contributed by atoms with Crippen molar-refractivity contribution in [1.29, 1.82) is 0 Å². The highest BCUT2D eigenvalue weighted by Crippen LogP contribution is 2.29. The molecule has 2 fully saturated rings. The van der Waals surface area contributed by atoms with Gasteiger partial charge in [0.15, 0.2) is 0 Å². The van der Waals surface area contributed by atoms with Crippen molar-refractivity contribution in [2.45, 2.75) is 24.9 Å². The van der Waals surface area contributed by atoms with E-state index in [1.807, 2.05) is 0 Å². The van der Waals surface area contributed by atoms with Crippen molar-refractivity contribution in [3.8, 4) is 0 Å². The second-order valence-corrected chi connectivity index (χ2v) is 6.52. The largest absolute Gasteiger partial charge is 0.329 e. The van der Waals surface area contributed by atoms with Gasteiger partial charge in [0.2, 0.25) is 0 Å². The third-order valence-electron chi connectivity index (χ3n) is 4.33. The zero-order valence-corrected chi connectivity index (χ0v) is 12.8. The van der Waals surface area contributed by atoms with Crippen molar-refractivity contribution in [2.75, 3.05) is 32.7 Å². The Bertz CT molecular complexity index is 408. The Balaban J connectivity index is 1.64. The Morgan fingerprint density at radius 2 is 1.74 bits per heavy atom. The van der Waals surface area contributed by atoms with Crippen LogP contribution in [0.1, 0.15) is 24.4 Å². The van der Waals surface area contributed by atoms with E-state index in [4.69, 9.17) is 5.73 Å². The third-order valence-corrected chi connectivity index (χ3v) is 4.86. The van der Waals surface area contributed by atoms with Crippen LogP contribution in [0.3, 0.4) is 0 Å². The molecule has 1 atom stereocenters. The highest BCUT2D eigenvalue weighted by Gasteiger charge is 2.32. The standard InChI is InChI=1S/C15H22BrN3/c16-13-3-1-12(2-4-13)15(11-17)19-9-7-18(8-10-19)14-5-6-14/h1-4,14-15H,5-11,17H2. The van der Waals surface area contributed by atoms with E-state index in [0.717, 1.165) is 23.6 Å². The lowest BCUT2D eigenvalue weighted by atomic mass is 10.0. The van der Waals surface area contributed by atoms with Crippen molar-refractivity contribution >= 4 is 15.9 Å². The number of benzene rings is 1. The van der Waals surface area contributed by atoms with Gasteiger partial charge in [-0.1, -0.05) is 28.1 Å². The molecule has 104 valence electrons. The van der Waals surface area contributed by atoms with Crippen LogP contribution < -0.4 is 5.73 Å². The molecule has 2 aliphatic rings. The minimum absolute atomic E-state index is 0.370. The average molecular weight is 324 g/mol. The summed E-state index contributed by atoms with van der Waals surface area (Å²) in [5.74, 6) is 0. The van der Waals surface area contributed by atoms with Crippen LogP contribution in [-0.2, 0) is 0 Å². The highest BCUT2D eigenvalue weighted by atomic mass is 79.9. The number of nitrogens with zero attached hydrogens (tertiary/aromatic N) is 2. The molecule has 1 aliphatic heterocycles. The number of rotatable bonds is 4. The molecule has 19 heavy (non-hydrogen) atoms. The van der Waals surface area contributed by atoms with Crippen LogP contribution in [0.15, 0.2) is 28.7 Å². The van der Waals surface area contributed by atoms with Crippen LogP contribution in [0.25, 0.3) is 0 Å². The van der Waals surface area contributed by atoms with Gasteiger partial charge in [0.1, 0.15) is 0 Å². The first-order valence-corrected chi connectivity index (χ1v) is 8.01. The van der Waals surface area contributed by atoms with Gasteiger partial charge in [0.05, 0.1) is 0 Å². The molecular formula is C15H22BrN3. The van der Waals surface area contributed by atoms with Crippen LogP contribution in [0, 0.1) is 0 Å². The van der Waals surface area contributed by atoms with Gasteiger partial charge >= 0.3 is 0 Å². The van der Waals surface area contributed by atoms with Crippen LogP contribution in [0.4, 0.5) is 0 Å². The van der Waals surface area contributed by atoms with Gasteiger partial charge in [-0.2, -0.15) is 0 Å². The molecule has 1 unspecified atom stereocenters. The summed E-state index contributed by atoms with van der Waals surface area (Å²) in [6.07, 6.45) is 2.82. The Morgan fingerprint density at radius 1 is 1.11 bits per heavy atom. The second kappa shape index (κ2) is 5.92. The summed E-state index contributed by atoms with van der Waals surface area (Å²) in [6, 6.07) is 9.86. The Morgan fingerprint density at radius 3 is 2.26 bits per heavy atom. The zero-order chi connectivity index (χ0) is 13.2. The highest BCUT2D eigenvalue weighted by molar-refractivity contribution is 9.10. The van der Waals surface area contributed by atoms with Gasteiger partial charge in [-0.05, 0) is 30.5 Å². The Labute approximate surface area is 123 Å². The molecule has 1 aromatic carbocycles. The lowest BCUT2D eigenvalue weighted by Crippen LogP contribution is -2.49. The molecular weight excluding hydrogens is 302 g/mol. The summed E-state index contributed by atoms with van der Waals surface area (Å²) < 4.78 is 1.13. The molecule has 4 heteroatoms. The molecule has 3 rings (SSSR count). The average Bonchev–Trinajstić information content (AvgIpc) is 3.27. The number of hydrogen-bond acceptors (Lipinski definition) is 3. The van der Waals surface area contributed by atoms with Crippen molar-refractivity contribution in [3.05, 3.63) is 34.3 Å². The van der Waals surface area contributed by atoms with Gasteiger partial charge in [-0.3, -0.25) is 9.80 Å². The van der Waals surface area contributed by atoms with Crippen LogP contribution in [0.2, 0.25) is 0 Å². The molecule has 1 saturated heterocycles. The Hall–Kier alpha value is -0.420. The van der Waals surface area contributed by atoms with E-state index in [1.165, 1.54) is 31.5 Å². The molecule has 1 saturated carbocycles. The second-order valence-electron chi connectivity index (χ2n) is 5.61. The molecule has 1 heterocycles. The van der Waals surface area contributed by atoms with E-state index >= 15 is 0 Å². The molecule has 0 aromatic heterocycles. The van der Waals surface area contributed by atoms with E-state index in [0.29, 0.717) is 12.6 Å². The molecule has 2 N–H and O–H groups in total. The van der Waals surface area contributed by atoms with Crippen molar-refractivity contribution in [2.24, 2.45) is 5.73 Å². The minimum Gasteiger partial charge on any atom is -0.329 e. The zero-order valence-electron chi connectivity index (χ0n) is 11.3. The lowest BCUT2D eigenvalue weighted by molar-refractivity contribution is 0.0938. The summed E-state index contributed by atoms with van der Waals surface area (Å²) in [4.78, 5) is 5.19. The first kappa shape index (κ1) is 13.6. The van der Waals surface area contributed by atoms with Crippen LogP contribution in [0.5, 0.6) is 0 Å². The van der Waals surface area contributed by atoms with Gasteiger partial charge < -0.3 is 5.73 Å². The quantitative estimate of drug-likeness (QED) is 0.922. The number of piperazine rings is 1. The maximum Gasteiger partial charge on any atom is 0.0471 e. The fraction of sp³-hybridized carbons (Fsp3) is 0.600. The van der Waals surface area contributed by atoms with Gasteiger partial charge in [-0.15, -0.1) is 0 Å². The monoisotopic (exact) mass is 323 g/mol. The lowest BCUT2D eigenvalue weighted by Gasteiger charge is -2.39. The molecule has 3 nitrogen and oxygen atoms in total. The Kier molecular flexibility index (Phi) is 4.22. The summed E-state index contributed by atoms with van der Waals surface area (Å²) in [6.45, 7) is 5.41. The van der Waals surface area contributed by atoms with Gasteiger partial charge in [0.25, 0.3) is 0 Å². The van der Waals surface area contributed by atoms with E-state index in [2.05, 4.69) is 50.0 Å². The van der Waals surface area contributed by atoms with E-state index in [1.54, 1.807) is 0 Å².